The van der Waals surface area contributed by atoms with Crippen molar-refractivity contribution in [1.82, 2.24) is 10.6 Å². The van der Waals surface area contributed by atoms with Crippen molar-refractivity contribution in [1.29, 1.82) is 0 Å². The number of benzene rings is 2. The van der Waals surface area contributed by atoms with Crippen LogP contribution in [0.3, 0.4) is 0 Å². The van der Waals surface area contributed by atoms with Crippen LogP contribution in [0.1, 0.15) is 22.8 Å². The van der Waals surface area contributed by atoms with Crippen molar-refractivity contribution in [2.75, 3.05) is 19.7 Å². The second-order valence-corrected chi connectivity index (χ2v) is 6.01. The zero-order chi connectivity index (χ0) is 17.5. The number of amides is 2. The van der Waals surface area contributed by atoms with E-state index in [-0.39, 0.29) is 6.10 Å². The minimum Gasteiger partial charge on any atom is -0.371 e. The van der Waals surface area contributed by atoms with Gasteiger partial charge in [0.15, 0.2) is 0 Å². The van der Waals surface area contributed by atoms with Gasteiger partial charge in [-0.2, -0.15) is 0 Å². The molecule has 1 aliphatic rings. The largest absolute Gasteiger partial charge is 0.371 e. The number of carbonyl (C=O) groups excluding carboxylic acids is 2. The van der Waals surface area contributed by atoms with Crippen LogP contribution < -0.4 is 10.6 Å². The van der Waals surface area contributed by atoms with Crippen molar-refractivity contribution in [2.24, 2.45) is 0 Å². The second kappa shape index (κ2) is 8.44. The fourth-order valence-electron chi connectivity index (χ4n) is 2.96. The molecule has 1 atom stereocenters. The maximum absolute atomic E-state index is 12.0. The Balaban J connectivity index is 1.44. The van der Waals surface area contributed by atoms with Crippen molar-refractivity contribution < 1.29 is 14.3 Å². The molecule has 2 aromatic rings. The van der Waals surface area contributed by atoms with Crippen molar-refractivity contribution in [3.63, 3.8) is 0 Å². The highest BCUT2D eigenvalue weighted by Gasteiger charge is 2.22. The third-order valence-electron chi connectivity index (χ3n) is 4.29. The van der Waals surface area contributed by atoms with Crippen molar-refractivity contribution in [2.45, 2.75) is 18.9 Å². The summed E-state index contributed by atoms with van der Waals surface area (Å²) in [5.41, 5.74) is 3.44. The molecular weight excluding hydrogens is 316 g/mol. The number of nitrogens with one attached hydrogen (secondary N) is 2. The van der Waals surface area contributed by atoms with Crippen LogP contribution in [0.15, 0.2) is 54.6 Å². The highest BCUT2D eigenvalue weighted by atomic mass is 16.5. The smallest absolute Gasteiger partial charge is 0.309 e. The molecule has 25 heavy (non-hydrogen) atoms. The summed E-state index contributed by atoms with van der Waals surface area (Å²) >= 11 is 0. The van der Waals surface area contributed by atoms with Crippen LogP contribution in [0.2, 0.25) is 0 Å². The third-order valence-corrected chi connectivity index (χ3v) is 4.29. The topological polar surface area (TPSA) is 67.4 Å². The summed E-state index contributed by atoms with van der Waals surface area (Å²) in [6.07, 6.45) is 1.37. The van der Waals surface area contributed by atoms with E-state index in [1.807, 2.05) is 48.5 Å². The summed E-state index contributed by atoms with van der Waals surface area (Å²) in [5.74, 6) is -1.24. The summed E-state index contributed by atoms with van der Waals surface area (Å²) in [5, 5.41) is 5.31. The van der Waals surface area contributed by atoms with Gasteiger partial charge in [-0.25, -0.2) is 0 Å². The first-order chi connectivity index (χ1) is 12.2. The molecule has 0 saturated heterocycles. The fraction of sp³-hybridized carbons (Fsp3) is 0.300. The molecule has 2 N–H and O–H groups in total. The van der Waals surface area contributed by atoms with Crippen LogP contribution in [0.4, 0.5) is 0 Å². The Kier molecular flexibility index (Phi) is 5.80. The molecule has 0 radical (unpaired) electrons. The van der Waals surface area contributed by atoms with Crippen LogP contribution in [0.5, 0.6) is 0 Å². The van der Waals surface area contributed by atoms with Gasteiger partial charge in [-0.1, -0.05) is 54.6 Å². The molecule has 1 heterocycles. The van der Waals surface area contributed by atoms with Gasteiger partial charge in [0.1, 0.15) is 6.10 Å². The van der Waals surface area contributed by atoms with Crippen molar-refractivity contribution in [3.05, 3.63) is 71.3 Å². The number of fused-ring (bicyclic) bond motifs is 1. The quantitative estimate of drug-likeness (QED) is 0.817. The Morgan fingerprint density at radius 3 is 2.52 bits per heavy atom. The van der Waals surface area contributed by atoms with Gasteiger partial charge in [0.05, 0.1) is 6.61 Å². The summed E-state index contributed by atoms with van der Waals surface area (Å²) in [7, 11) is 0. The highest BCUT2D eigenvalue weighted by molar-refractivity contribution is 6.35. The summed E-state index contributed by atoms with van der Waals surface area (Å²) in [4.78, 5) is 23.8. The number of carbonyl (C=O) groups is 2. The Bertz CT molecular complexity index is 731. The lowest BCUT2D eigenvalue weighted by molar-refractivity contribution is -0.139. The Hall–Kier alpha value is -2.66. The zero-order valence-corrected chi connectivity index (χ0v) is 14.0. The predicted octanol–water partition coefficient (Wildman–Crippen LogP) is 1.78. The lowest BCUT2D eigenvalue weighted by Crippen LogP contribution is -2.42. The van der Waals surface area contributed by atoms with E-state index in [1.54, 1.807) is 0 Å². The number of ether oxygens (including phenoxy) is 1. The summed E-state index contributed by atoms with van der Waals surface area (Å²) < 4.78 is 5.73. The zero-order valence-electron chi connectivity index (χ0n) is 14.0. The molecule has 3 rings (SSSR count). The summed E-state index contributed by atoms with van der Waals surface area (Å²) in [6.45, 7) is 1.35. The van der Waals surface area contributed by atoms with E-state index in [1.165, 1.54) is 5.56 Å². The van der Waals surface area contributed by atoms with Gasteiger partial charge in [-0.05, 0) is 29.5 Å². The lowest BCUT2D eigenvalue weighted by atomic mass is 9.97. The SMILES string of the molecule is O=C(NCCc1ccccc1)C(=O)NC[C@H]1OCCc2ccccc21. The molecule has 130 valence electrons. The molecule has 0 saturated carbocycles. The number of hydrogen-bond acceptors (Lipinski definition) is 3. The molecule has 1 aliphatic heterocycles. The van der Waals surface area contributed by atoms with E-state index >= 15 is 0 Å². The van der Waals surface area contributed by atoms with E-state index < -0.39 is 11.8 Å². The maximum atomic E-state index is 12.0. The molecule has 5 nitrogen and oxygen atoms in total. The molecule has 5 heteroatoms. The Morgan fingerprint density at radius 1 is 0.960 bits per heavy atom. The van der Waals surface area contributed by atoms with E-state index in [0.717, 1.165) is 17.5 Å². The normalized spacial score (nSPS) is 15.9. The van der Waals surface area contributed by atoms with Gasteiger partial charge in [-0.3, -0.25) is 9.59 Å². The first-order valence-corrected chi connectivity index (χ1v) is 8.53. The molecule has 0 spiro atoms. The van der Waals surface area contributed by atoms with Crippen molar-refractivity contribution >= 4 is 11.8 Å². The Morgan fingerprint density at radius 2 is 1.68 bits per heavy atom. The number of rotatable bonds is 5. The van der Waals surface area contributed by atoms with E-state index in [9.17, 15) is 9.59 Å². The van der Waals surface area contributed by atoms with E-state index in [0.29, 0.717) is 26.1 Å². The average Bonchev–Trinajstić information content (AvgIpc) is 2.66. The lowest BCUT2D eigenvalue weighted by Gasteiger charge is -2.26. The molecule has 2 aromatic carbocycles. The average molecular weight is 338 g/mol. The first kappa shape index (κ1) is 17.2. The minimum absolute atomic E-state index is 0.203. The predicted molar refractivity (Wildman–Crippen MR) is 95.0 cm³/mol. The van der Waals surface area contributed by atoms with Crippen LogP contribution in [-0.2, 0) is 27.2 Å². The van der Waals surface area contributed by atoms with Crippen LogP contribution >= 0.6 is 0 Å². The monoisotopic (exact) mass is 338 g/mol. The fourth-order valence-corrected chi connectivity index (χ4v) is 2.96. The van der Waals surface area contributed by atoms with Crippen LogP contribution in [0.25, 0.3) is 0 Å². The molecule has 0 aromatic heterocycles. The van der Waals surface area contributed by atoms with Crippen LogP contribution in [0, 0.1) is 0 Å². The minimum atomic E-state index is -0.625. The van der Waals surface area contributed by atoms with E-state index in [2.05, 4.69) is 16.7 Å². The van der Waals surface area contributed by atoms with Crippen LogP contribution in [-0.4, -0.2) is 31.5 Å². The second-order valence-electron chi connectivity index (χ2n) is 6.01. The van der Waals surface area contributed by atoms with Crippen molar-refractivity contribution in [3.8, 4) is 0 Å². The highest BCUT2D eigenvalue weighted by Crippen LogP contribution is 2.26. The molecule has 0 unspecified atom stereocenters. The molecule has 0 bridgehead atoms. The first-order valence-electron chi connectivity index (χ1n) is 8.53. The van der Waals surface area contributed by atoms with Gasteiger partial charge in [0, 0.05) is 13.1 Å². The maximum Gasteiger partial charge on any atom is 0.309 e. The van der Waals surface area contributed by atoms with Gasteiger partial charge in [0.25, 0.3) is 0 Å². The van der Waals surface area contributed by atoms with Gasteiger partial charge >= 0.3 is 11.8 Å². The standard InChI is InChI=1S/C20H22N2O3/c23-19(21-12-10-15-6-2-1-3-7-15)20(24)22-14-18-17-9-5-4-8-16(17)11-13-25-18/h1-9,18H,10-14H2,(H,21,23)(H,22,24)/t18-/m1/s1. The molecule has 2 amide bonds. The Labute approximate surface area is 147 Å². The summed E-state index contributed by atoms with van der Waals surface area (Å²) in [6, 6.07) is 17.9. The third kappa shape index (κ3) is 4.67. The number of hydrogen-bond donors (Lipinski definition) is 2. The van der Waals surface area contributed by atoms with E-state index in [4.69, 9.17) is 4.74 Å². The molecular formula is C20H22N2O3. The van der Waals surface area contributed by atoms with Gasteiger partial charge in [-0.15, -0.1) is 0 Å². The molecule has 0 aliphatic carbocycles. The molecule has 0 fully saturated rings. The van der Waals surface area contributed by atoms with Gasteiger partial charge < -0.3 is 15.4 Å². The van der Waals surface area contributed by atoms with Gasteiger partial charge in [0.2, 0.25) is 0 Å².